The molecule has 0 amide bonds. The molecule has 17 nitrogen and oxygen atoms in total. The van der Waals surface area contributed by atoms with Gasteiger partial charge in [-0.25, -0.2) is 9.13 Å². The standard InChI is InChI=1S/C77H142O17P2/c1-5-9-13-17-21-25-29-31-33-34-35-36-38-39-43-46-50-54-58-62-75(80)88-68-73(94-77(82)64-60-56-52-48-44-40-37-32-30-26-22-18-14-10-6-2)70-92-96(85,86)90-66-71(78)65-89-95(83,84)91-69-72(93-76(81)63-59-55-51-47-42-28-24-20-16-12-8-4)67-87-74(79)61-57-53-49-45-41-27-23-19-15-11-7-3/h21,25,31-33,35-37,71-73,78H,5-20,22-24,26-30,34,38-70H2,1-4H3,(H,83,84)(H,85,86)/b25-21-,33-31-,36-35-,37-32-. The molecule has 0 aliphatic rings. The Balaban J connectivity index is 5.29. The fourth-order valence-corrected chi connectivity index (χ4v) is 12.4. The molecule has 562 valence electrons. The van der Waals surface area contributed by atoms with E-state index in [1.54, 1.807) is 0 Å². The summed E-state index contributed by atoms with van der Waals surface area (Å²) in [5.74, 6) is -2.16. The van der Waals surface area contributed by atoms with Gasteiger partial charge in [0.25, 0.3) is 0 Å². The Morgan fingerprint density at radius 3 is 0.812 bits per heavy atom. The van der Waals surface area contributed by atoms with Gasteiger partial charge in [0.05, 0.1) is 26.4 Å². The van der Waals surface area contributed by atoms with E-state index in [1.165, 1.54) is 141 Å². The van der Waals surface area contributed by atoms with Crippen LogP contribution in [-0.4, -0.2) is 96.7 Å². The number of esters is 4. The molecule has 0 aromatic rings. The molecular weight excluding hydrogens is 1260 g/mol. The van der Waals surface area contributed by atoms with Gasteiger partial charge in [-0.3, -0.25) is 37.3 Å². The van der Waals surface area contributed by atoms with E-state index in [-0.39, 0.29) is 25.7 Å². The molecular formula is C77H142O17P2. The van der Waals surface area contributed by atoms with E-state index in [0.717, 1.165) is 141 Å². The van der Waals surface area contributed by atoms with Crippen molar-refractivity contribution in [3.8, 4) is 0 Å². The molecule has 0 saturated heterocycles. The van der Waals surface area contributed by atoms with E-state index < -0.39 is 97.5 Å². The number of phosphoric ester groups is 2. The summed E-state index contributed by atoms with van der Waals surface area (Å²) in [6.07, 6.45) is 66.7. The molecule has 19 heteroatoms. The van der Waals surface area contributed by atoms with Crippen LogP contribution in [0, 0.1) is 0 Å². The van der Waals surface area contributed by atoms with Gasteiger partial charge in [-0.15, -0.1) is 0 Å². The molecule has 0 radical (unpaired) electrons. The fraction of sp³-hybridized carbons (Fsp3) is 0.844. The highest BCUT2D eigenvalue weighted by Crippen LogP contribution is 2.45. The number of allylic oxidation sites excluding steroid dienone is 8. The fourth-order valence-electron chi connectivity index (χ4n) is 10.8. The Morgan fingerprint density at radius 1 is 0.292 bits per heavy atom. The molecule has 0 aliphatic carbocycles. The number of aliphatic hydroxyl groups excluding tert-OH is 1. The van der Waals surface area contributed by atoms with Crippen LogP contribution in [0.4, 0.5) is 0 Å². The van der Waals surface area contributed by atoms with Crippen LogP contribution < -0.4 is 0 Å². The summed E-state index contributed by atoms with van der Waals surface area (Å²) >= 11 is 0. The normalized spacial score (nSPS) is 14.2. The molecule has 96 heavy (non-hydrogen) atoms. The maximum Gasteiger partial charge on any atom is 0.472 e. The summed E-state index contributed by atoms with van der Waals surface area (Å²) in [4.78, 5) is 72.8. The largest absolute Gasteiger partial charge is 0.472 e. The lowest BCUT2D eigenvalue weighted by atomic mass is 10.1. The molecule has 0 saturated carbocycles. The lowest BCUT2D eigenvalue weighted by molar-refractivity contribution is -0.161. The number of phosphoric acid groups is 2. The van der Waals surface area contributed by atoms with Crippen LogP contribution in [-0.2, 0) is 65.4 Å². The van der Waals surface area contributed by atoms with Crippen molar-refractivity contribution in [2.24, 2.45) is 0 Å². The number of hydrogen-bond acceptors (Lipinski definition) is 15. The zero-order valence-corrected chi connectivity index (χ0v) is 63.1. The molecule has 0 aromatic carbocycles. The highest BCUT2D eigenvalue weighted by atomic mass is 31.2. The van der Waals surface area contributed by atoms with E-state index in [9.17, 15) is 43.2 Å². The third-order valence-corrected chi connectivity index (χ3v) is 18.7. The summed E-state index contributed by atoms with van der Waals surface area (Å²) in [7, 11) is -9.93. The number of rotatable bonds is 74. The van der Waals surface area contributed by atoms with Crippen molar-refractivity contribution >= 4 is 39.5 Å². The zero-order valence-electron chi connectivity index (χ0n) is 61.3. The van der Waals surface area contributed by atoms with Gasteiger partial charge in [0, 0.05) is 25.7 Å². The maximum atomic E-state index is 13.1. The lowest BCUT2D eigenvalue weighted by Crippen LogP contribution is -2.30. The molecule has 0 fully saturated rings. The Bertz CT molecular complexity index is 2010. The van der Waals surface area contributed by atoms with Crippen LogP contribution in [0.5, 0.6) is 0 Å². The van der Waals surface area contributed by atoms with Gasteiger partial charge in [-0.05, 0) is 89.9 Å². The molecule has 0 spiro atoms. The monoisotopic (exact) mass is 1400 g/mol. The SMILES string of the molecule is CCCCC/C=C\C/C=C\C/C=C\CCCCCCCCC(=O)OCC(COP(=O)(O)OCC(O)COP(=O)(O)OCC(COC(=O)CCCCCCCCCCCCC)OC(=O)CCCCCCCCCCCCC)OC(=O)CCCCCCC/C=C\CCCCCCCC. The summed E-state index contributed by atoms with van der Waals surface area (Å²) in [6.45, 7) is 4.87. The van der Waals surface area contributed by atoms with E-state index in [1.807, 2.05) is 0 Å². The van der Waals surface area contributed by atoms with E-state index in [4.69, 9.17) is 37.0 Å². The number of hydrogen-bond donors (Lipinski definition) is 3. The number of carbonyl (C=O) groups is 4. The molecule has 0 rings (SSSR count). The molecule has 5 atom stereocenters. The maximum absolute atomic E-state index is 13.1. The predicted molar refractivity (Wildman–Crippen MR) is 390 cm³/mol. The van der Waals surface area contributed by atoms with Crippen molar-refractivity contribution in [3.63, 3.8) is 0 Å². The first-order valence-electron chi connectivity index (χ1n) is 38.9. The molecule has 0 heterocycles. The topological polar surface area (TPSA) is 237 Å². The smallest absolute Gasteiger partial charge is 0.462 e. The van der Waals surface area contributed by atoms with E-state index in [0.29, 0.717) is 25.7 Å². The Hall–Kier alpha value is -2.98. The van der Waals surface area contributed by atoms with Crippen molar-refractivity contribution in [1.82, 2.24) is 0 Å². The minimum atomic E-state index is -4.97. The predicted octanol–water partition coefficient (Wildman–Crippen LogP) is 22.1. The number of ether oxygens (including phenoxy) is 4. The summed E-state index contributed by atoms with van der Waals surface area (Å²) in [5.41, 5.74) is 0. The Labute approximate surface area is 585 Å². The van der Waals surface area contributed by atoms with Crippen molar-refractivity contribution < 1.29 is 80.2 Å². The number of aliphatic hydroxyl groups is 1. The Kier molecular flexibility index (Phi) is 68.3. The van der Waals surface area contributed by atoms with Crippen LogP contribution in [0.2, 0.25) is 0 Å². The lowest BCUT2D eigenvalue weighted by Gasteiger charge is -2.21. The van der Waals surface area contributed by atoms with E-state index in [2.05, 4.69) is 76.3 Å². The van der Waals surface area contributed by atoms with Gasteiger partial charge < -0.3 is 33.8 Å². The minimum Gasteiger partial charge on any atom is -0.462 e. The molecule has 3 N–H and O–H groups in total. The highest BCUT2D eigenvalue weighted by molar-refractivity contribution is 7.47. The van der Waals surface area contributed by atoms with Crippen LogP contribution >= 0.6 is 15.6 Å². The van der Waals surface area contributed by atoms with Gasteiger partial charge in [0.1, 0.15) is 19.3 Å². The summed E-state index contributed by atoms with van der Waals surface area (Å²) < 4.78 is 68.4. The second-order valence-corrected chi connectivity index (χ2v) is 29.2. The van der Waals surface area contributed by atoms with Gasteiger partial charge >= 0.3 is 39.5 Å². The highest BCUT2D eigenvalue weighted by Gasteiger charge is 2.30. The molecule has 5 unspecified atom stereocenters. The number of unbranched alkanes of at least 4 members (excludes halogenated alkanes) is 40. The van der Waals surface area contributed by atoms with Crippen molar-refractivity contribution in [2.75, 3.05) is 39.6 Å². The Morgan fingerprint density at radius 2 is 0.510 bits per heavy atom. The van der Waals surface area contributed by atoms with E-state index >= 15 is 0 Å². The van der Waals surface area contributed by atoms with Crippen LogP contribution in [0.15, 0.2) is 48.6 Å². The zero-order chi connectivity index (χ0) is 70.4. The van der Waals surface area contributed by atoms with Gasteiger partial charge in [0.15, 0.2) is 12.2 Å². The molecule has 0 aliphatic heterocycles. The van der Waals surface area contributed by atoms with Gasteiger partial charge in [-0.1, -0.05) is 295 Å². The third-order valence-electron chi connectivity index (χ3n) is 16.8. The van der Waals surface area contributed by atoms with Gasteiger partial charge in [-0.2, -0.15) is 0 Å². The second kappa shape index (κ2) is 70.5. The van der Waals surface area contributed by atoms with Crippen molar-refractivity contribution in [2.45, 2.75) is 380 Å². The van der Waals surface area contributed by atoms with Crippen LogP contribution in [0.3, 0.4) is 0 Å². The molecule has 0 aromatic heterocycles. The summed E-state index contributed by atoms with van der Waals surface area (Å²) in [5, 5.41) is 10.6. The number of carbonyl (C=O) groups excluding carboxylic acids is 4. The first kappa shape index (κ1) is 93.0. The average molecular weight is 1400 g/mol. The first-order valence-corrected chi connectivity index (χ1v) is 41.9. The van der Waals surface area contributed by atoms with Crippen molar-refractivity contribution in [1.29, 1.82) is 0 Å². The summed E-state index contributed by atoms with van der Waals surface area (Å²) in [6, 6.07) is 0. The van der Waals surface area contributed by atoms with Crippen molar-refractivity contribution in [3.05, 3.63) is 48.6 Å². The van der Waals surface area contributed by atoms with Gasteiger partial charge in [0.2, 0.25) is 0 Å². The average Bonchev–Trinajstić information content (AvgIpc) is 1.41. The first-order chi connectivity index (χ1) is 46.7. The molecule has 0 bridgehead atoms. The van der Waals surface area contributed by atoms with Crippen LogP contribution in [0.25, 0.3) is 0 Å². The third kappa shape index (κ3) is 69.5. The second-order valence-electron chi connectivity index (χ2n) is 26.3. The quantitative estimate of drug-likeness (QED) is 0.0169. The minimum absolute atomic E-state index is 0.0870. The van der Waals surface area contributed by atoms with Crippen LogP contribution in [0.1, 0.15) is 362 Å².